The van der Waals surface area contributed by atoms with Crippen LogP contribution in [-0.2, 0) is 13.0 Å². The van der Waals surface area contributed by atoms with Gasteiger partial charge in [-0.25, -0.2) is 9.78 Å². The van der Waals surface area contributed by atoms with Gasteiger partial charge in [0.1, 0.15) is 0 Å². The lowest BCUT2D eigenvalue weighted by molar-refractivity contribution is 0.192. The summed E-state index contributed by atoms with van der Waals surface area (Å²) >= 11 is 1.70. The van der Waals surface area contributed by atoms with Crippen LogP contribution in [-0.4, -0.2) is 47.3 Å². The first-order valence-electron chi connectivity index (χ1n) is 8.80. The molecule has 0 atom stereocenters. The molecule has 2 aromatic heterocycles. The molecule has 4 rings (SSSR count). The number of carbonyl (C=O) groups excluding carboxylic acids is 1. The highest BCUT2D eigenvalue weighted by Crippen LogP contribution is 2.29. The van der Waals surface area contributed by atoms with E-state index in [2.05, 4.69) is 21.4 Å². The topological polar surface area (TPSA) is 74.5 Å². The predicted octanol–water partition coefficient (Wildman–Crippen LogP) is 2.88. The Balaban J connectivity index is 1.30. The van der Waals surface area contributed by atoms with Gasteiger partial charge in [0.2, 0.25) is 0 Å². The largest absolute Gasteiger partial charge is 0.359 e. The summed E-state index contributed by atoms with van der Waals surface area (Å²) in [6.07, 6.45) is 0.825. The van der Waals surface area contributed by atoms with Gasteiger partial charge in [0.15, 0.2) is 10.9 Å². The van der Waals surface area contributed by atoms with E-state index in [0.29, 0.717) is 25.4 Å². The highest BCUT2D eigenvalue weighted by molar-refractivity contribution is 7.22. The summed E-state index contributed by atoms with van der Waals surface area (Å²) in [4.78, 5) is 21.1. The first-order chi connectivity index (χ1) is 12.7. The number of benzene rings is 1. The van der Waals surface area contributed by atoms with Gasteiger partial charge in [-0.1, -0.05) is 35.5 Å². The molecule has 0 radical (unpaired) electrons. The van der Waals surface area contributed by atoms with Crippen molar-refractivity contribution in [1.29, 1.82) is 0 Å². The Labute approximate surface area is 155 Å². The van der Waals surface area contributed by atoms with Crippen molar-refractivity contribution in [3.05, 3.63) is 41.8 Å². The maximum Gasteiger partial charge on any atom is 0.317 e. The molecule has 0 unspecified atom stereocenters. The standard InChI is InChI=1S/C18H21N5O2S/c1-2-13-11-14(25-21-13)12-19-17(24)22-7-9-23(10-8-22)18-20-15-5-3-4-6-16(15)26-18/h3-6,11H,2,7-10,12H2,1H3,(H,19,24). The Morgan fingerprint density at radius 2 is 2.08 bits per heavy atom. The van der Waals surface area contributed by atoms with Gasteiger partial charge in [-0.15, -0.1) is 0 Å². The number of aryl methyl sites for hydroxylation is 1. The number of hydrogen-bond acceptors (Lipinski definition) is 6. The van der Waals surface area contributed by atoms with Crippen LogP contribution < -0.4 is 10.2 Å². The van der Waals surface area contributed by atoms with Crippen LogP contribution in [0.1, 0.15) is 18.4 Å². The van der Waals surface area contributed by atoms with Gasteiger partial charge in [-0.2, -0.15) is 0 Å². The van der Waals surface area contributed by atoms with E-state index in [1.54, 1.807) is 11.3 Å². The third kappa shape index (κ3) is 3.50. The Hall–Kier alpha value is -2.61. The van der Waals surface area contributed by atoms with Gasteiger partial charge in [-0.05, 0) is 18.6 Å². The second kappa shape index (κ2) is 7.33. The summed E-state index contributed by atoms with van der Waals surface area (Å²) in [5.41, 5.74) is 1.94. The van der Waals surface area contributed by atoms with Gasteiger partial charge < -0.3 is 19.6 Å². The minimum atomic E-state index is -0.0663. The van der Waals surface area contributed by atoms with Gasteiger partial charge >= 0.3 is 6.03 Å². The molecule has 0 saturated carbocycles. The average molecular weight is 371 g/mol. The number of piperazine rings is 1. The Bertz CT molecular complexity index is 865. The molecule has 0 spiro atoms. The smallest absolute Gasteiger partial charge is 0.317 e. The summed E-state index contributed by atoms with van der Waals surface area (Å²) in [5.74, 6) is 0.684. The maximum absolute atomic E-state index is 12.4. The number of aromatic nitrogens is 2. The third-order valence-electron chi connectivity index (χ3n) is 4.50. The predicted molar refractivity (Wildman–Crippen MR) is 102 cm³/mol. The first-order valence-corrected chi connectivity index (χ1v) is 9.62. The number of rotatable bonds is 4. The summed E-state index contributed by atoms with van der Waals surface area (Å²) < 4.78 is 6.39. The van der Waals surface area contributed by atoms with Crippen LogP contribution in [0, 0.1) is 0 Å². The first kappa shape index (κ1) is 16.8. The van der Waals surface area contributed by atoms with Crippen LogP contribution in [0.3, 0.4) is 0 Å². The van der Waals surface area contributed by atoms with E-state index in [9.17, 15) is 4.79 Å². The average Bonchev–Trinajstić information content (AvgIpc) is 3.32. The van der Waals surface area contributed by atoms with E-state index in [1.807, 2.05) is 36.1 Å². The molecule has 1 aliphatic rings. The third-order valence-corrected chi connectivity index (χ3v) is 5.60. The summed E-state index contributed by atoms with van der Waals surface area (Å²) in [7, 11) is 0. The van der Waals surface area contributed by atoms with Crippen LogP contribution in [0.4, 0.5) is 9.93 Å². The van der Waals surface area contributed by atoms with Crippen molar-refractivity contribution < 1.29 is 9.32 Å². The Morgan fingerprint density at radius 1 is 1.27 bits per heavy atom. The lowest BCUT2D eigenvalue weighted by atomic mass is 10.3. The molecule has 1 aliphatic heterocycles. The molecule has 1 aromatic carbocycles. The van der Waals surface area contributed by atoms with E-state index >= 15 is 0 Å². The quantitative estimate of drug-likeness (QED) is 0.763. The lowest BCUT2D eigenvalue weighted by Crippen LogP contribution is -2.51. The van der Waals surface area contributed by atoms with E-state index in [1.165, 1.54) is 4.70 Å². The molecule has 8 heteroatoms. The number of nitrogens with one attached hydrogen (secondary N) is 1. The summed E-state index contributed by atoms with van der Waals surface area (Å²) in [5, 5.41) is 7.87. The molecular weight excluding hydrogens is 350 g/mol. The minimum absolute atomic E-state index is 0.0663. The highest BCUT2D eigenvalue weighted by atomic mass is 32.1. The number of anilines is 1. The van der Waals surface area contributed by atoms with Crippen LogP contribution in [0.15, 0.2) is 34.9 Å². The molecule has 1 fully saturated rings. The van der Waals surface area contributed by atoms with E-state index < -0.39 is 0 Å². The number of fused-ring (bicyclic) bond motifs is 1. The second-order valence-electron chi connectivity index (χ2n) is 6.24. The SMILES string of the molecule is CCc1cc(CNC(=O)N2CCN(c3nc4ccccc4s3)CC2)on1. The van der Waals surface area contributed by atoms with Crippen molar-refractivity contribution in [2.75, 3.05) is 31.1 Å². The molecular formula is C18H21N5O2S. The van der Waals surface area contributed by atoms with Gasteiger partial charge in [0, 0.05) is 32.2 Å². The van der Waals surface area contributed by atoms with E-state index in [0.717, 1.165) is 35.9 Å². The van der Waals surface area contributed by atoms with E-state index in [4.69, 9.17) is 9.51 Å². The number of nitrogens with zero attached hydrogens (tertiary/aromatic N) is 4. The normalized spacial score (nSPS) is 14.8. The zero-order valence-electron chi connectivity index (χ0n) is 14.6. The fourth-order valence-corrected chi connectivity index (χ4v) is 3.99. The number of thiazole rings is 1. The number of hydrogen-bond donors (Lipinski definition) is 1. The fourth-order valence-electron chi connectivity index (χ4n) is 2.98. The van der Waals surface area contributed by atoms with Crippen LogP contribution >= 0.6 is 11.3 Å². The lowest BCUT2D eigenvalue weighted by Gasteiger charge is -2.34. The Morgan fingerprint density at radius 3 is 2.81 bits per heavy atom. The zero-order valence-corrected chi connectivity index (χ0v) is 15.5. The van der Waals surface area contributed by atoms with Crippen LogP contribution in [0.2, 0.25) is 0 Å². The maximum atomic E-state index is 12.4. The van der Waals surface area contributed by atoms with E-state index in [-0.39, 0.29) is 6.03 Å². The molecule has 3 aromatic rings. The van der Waals surface area contributed by atoms with Crippen molar-refractivity contribution in [1.82, 2.24) is 20.4 Å². The van der Waals surface area contributed by atoms with Crippen molar-refractivity contribution >= 4 is 32.7 Å². The van der Waals surface area contributed by atoms with Crippen molar-refractivity contribution in [3.63, 3.8) is 0 Å². The molecule has 0 bridgehead atoms. The molecule has 0 aliphatic carbocycles. The number of urea groups is 1. The summed E-state index contributed by atoms with van der Waals surface area (Å²) in [6.45, 7) is 5.32. The monoisotopic (exact) mass is 371 g/mol. The van der Waals surface area contributed by atoms with Crippen molar-refractivity contribution in [3.8, 4) is 0 Å². The van der Waals surface area contributed by atoms with Crippen LogP contribution in [0.5, 0.6) is 0 Å². The molecule has 26 heavy (non-hydrogen) atoms. The number of para-hydroxylation sites is 1. The molecule has 136 valence electrons. The Kier molecular flexibility index (Phi) is 4.75. The van der Waals surface area contributed by atoms with Crippen molar-refractivity contribution in [2.45, 2.75) is 19.9 Å². The second-order valence-corrected chi connectivity index (χ2v) is 7.24. The van der Waals surface area contributed by atoms with Gasteiger partial charge in [-0.3, -0.25) is 0 Å². The number of amides is 2. The molecule has 1 N–H and O–H groups in total. The van der Waals surface area contributed by atoms with Gasteiger partial charge in [0.25, 0.3) is 0 Å². The fraction of sp³-hybridized carbons (Fsp3) is 0.389. The van der Waals surface area contributed by atoms with Crippen molar-refractivity contribution in [2.24, 2.45) is 0 Å². The molecule has 2 amide bonds. The molecule has 1 saturated heterocycles. The molecule has 3 heterocycles. The van der Waals surface area contributed by atoms with Gasteiger partial charge in [0.05, 0.1) is 22.5 Å². The number of carbonyl (C=O) groups is 1. The minimum Gasteiger partial charge on any atom is -0.359 e. The zero-order chi connectivity index (χ0) is 17.9. The van der Waals surface area contributed by atoms with Crippen LogP contribution in [0.25, 0.3) is 10.2 Å². The highest BCUT2D eigenvalue weighted by Gasteiger charge is 2.23. The molecule has 7 nitrogen and oxygen atoms in total. The summed E-state index contributed by atoms with van der Waals surface area (Å²) in [6, 6.07) is 9.98.